The van der Waals surface area contributed by atoms with Crippen molar-refractivity contribution in [3.63, 3.8) is 0 Å². The van der Waals surface area contributed by atoms with Crippen LogP contribution in [0.4, 0.5) is 11.4 Å². The van der Waals surface area contributed by atoms with Crippen molar-refractivity contribution in [1.29, 1.82) is 0 Å². The topological polar surface area (TPSA) is 73.9 Å². The minimum absolute atomic E-state index is 0.0156. The highest BCUT2D eigenvalue weighted by Crippen LogP contribution is 2.31. The molecule has 3 heterocycles. The molecule has 7 heteroatoms. The highest BCUT2D eigenvalue weighted by atomic mass is 35.5. The molecule has 1 aliphatic rings. The smallest absolute Gasteiger partial charge is 0.229 e. The molecule has 0 aliphatic carbocycles. The lowest BCUT2D eigenvalue weighted by Gasteiger charge is -2.19. The molecule has 1 aliphatic heterocycles. The molecule has 2 aromatic heterocycles. The third-order valence-corrected chi connectivity index (χ3v) is 4.89. The summed E-state index contributed by atoms with van der Waals surface area (Å²) < 4.78 is 0. The number of halogens is 1. The van der Waals surface area contributed by atoms with Gasteiger partial charge in [-0.3, -0.25) is 14.9 Å². The van der Waals surface area contributed by atoms with Crippen LogP contribution in [-0.4, -0.2) is 34.2 Å². The SMILES string of the molecule is O=C(Nc1cn[nH]c1-c1ccccn1)C1CCN(c2ccccc2Cl)C1. The Labute approximate surface area is 156 Å². The summed E-state index contributed by atoms with van der Waals surface area (Å²) in [4.78, 5) is 19.2. The van der Waals surface area contributed by atoms with Crippen LogP contribution in [0, 0.1) is 5.92 Å². The van der Waals surface area contributed by atoms with E-state index in [1.807, 2.05) is 42.5 Å². The molecule has 1 aromatic carbocycles. The van der Waals surface area contributed by atoms with E-state index in [-0.39, 0.29) is 11.8 Å². The Bertz CT molecular complexity index is 911. The molecule has 4 rings (SSSR count). The number of H-pyrrole nitrogens is 1. The Hall–Kier alpha value is -2.86. The summed E-state index contributed by atoms with van der Waals surface area (Å²) in [7, 11) is 0. The van der Waals surface area contributed by atoms with Crippen molar-refractivity contribution < 1.29 is 4.79 Å². The van der Waals surface area contributed by atoms with Crippen LogP contribution >= 0.6 is 11.6 Å². The van der Waals surface area contributed by atoms with Gasteiger partial charge in [-0.25, -0.2) is 0 Å². The van der Waals surface area contributed by atoms with Crippen molar-refractivity contribution in [2.24, 2.45) is 5.92 Å². The molecular weight excluding hydrogens is 350 g/mol. The monoisotopic (exact) mass is 367 g/mol. The van der Waals surface area contributed by atoms with Crippen LogP contribution in [-0.2, 0) is 4.79 Å². The van der Waals surface area contributed by atoms with Crippen LogP contribution in [0.15, 0.2) is 54.9 Å². The van der Waals surface area contributed by atoms with E-state index in [4.69, 9.17) is 11.6 Å². The summed E-state index contributed by atoms with van der Waals surface area (Å²) >= 11 is 6.27. The van der Waals surface area contributed by atoms with Crippen LogP contribution in [0.25, 0.3) is 11.4 Å². The summed E-state index contributed by atoms with van der Waals surface area (Å²) in [6, 6.07) is 13.3. The van der Waals surface area contributed by atoms with Gasteiger partial charge < -0.3 is 10.2 Å². The number of anilines is 2. The van der Waals surface area contributed by atoms with Crippen LogP contribution in [0.2, 0.25) is 5.02 Å². The van der Waals surface area contributed by atoms with Gasteiger partial charge in [-0.2, -0.15) is 5.10 Å². The summed E-state index contributed by atoms with van der Waals surface area (Å²) in [5.74, 6) is -0.115. The van der Waals surface area contributed by atoms with Gasteiger partial charge in [0.25, 0.3) is 0 Å². The molecule has 1 unspecified atom stereocenters. The van der Waals surface area contributed by atoms with E-state index in [1.165, 1.54) is 0 Å². The minimum atomic E-state index is -0.0993. The van der Waals surface area contributed by atoms with Crippen molar-refractivity contribution in [3.8, 4) is 11.4 Å². The highest BCUT2D eigenvalue weighted by molar-refractivity contribution is 6.33. The number of aromatic amines is 1. The van der Waals surface area contributed by atoms with Crippen LogP contribution in [0.5, 0.6) is 0 Å². The van der Waals surface area contributed by atoms with Crippen LogP contribution in [0.3, 0.4) is 0 Å². The van der Waals surface area contributed by atoms with Crippen molar-refractivity contribution in [2.75, 3.05) is 23.3 Å². The second-order valence-electron chi connectivity index (χ2n) is 6.25. The molecule has 1 fully saturated rings. The van der Waals surface area contributed by atoms with Gasteiger partial charge in [0.15, 0.2) is 0 Å². The molecule has 1 saturated heterocycles. The summed E-state index contributed by atoms with van der Waals surface area (Å²) in [5.41, 5.74) is 3.07. The van der Waals surface area contributed by atoms with Gasteiger partial charge in [-0.05, 0) is 30.7 Å². The Balaban J connectivity index is 1.46. The molecule has 0 saturated carbocycles. The second kappa shape index (κ2) is 7.17. The summed E-state index contributed by atoms with van der Waals surface area (Å²) in [6.07, 6.45) is 4.11. The third-order valence-electron chi connectivity index (χ3n) is 4.57. The number of pyridine rings is 1. The number of nitrogens with one attached hydrogen (secondary N) is 2. The predicted octanol–water partition coefficient (Wildman–Crippen LogP) is 3.59. The maximum Gasteiger partial charge on any atom is 0.229 e. The quantitative estimate of drug-likeness (QED) is 0.739. The maximum absolute atomic E-state index is 12.7. The molecule has 0 radical (unpaired) electrons. The average Bonchev–Trinajstić information content (AvgIpc) is 3.32. The Morgan fingerprint density at radius 1 is 1.23 bits per heavy atom. The van der Waals surface area contributed by atoms with Crippen molar-refractivity contribution in [1.82, 2.24) is 15.2 Å². The number of nitrogens with zero attached hydrogens (tertiary/aromatic N) is 3. The molecule has 0 spiro atoms. The van der Waals surface area contributed by atoms with Gasteiger partial charge in [0.1, 0.15) is 5.69 Å². The van der Waals surface area contributed by atoms with Gasteiger partial charge in [0, 0.05) is 19.3 Å². The first-order valence-electron chi connectivity index (χ1n) is 8.47. The number of carbonyl (C=O) groups is 1. The normalized spacial score (nSPS) is 16.7. The molecule has 1 atom stereocenters. The van der Waals surface area contributed by atoms with E-state index >= 15 is 0 Å². The molecule has 1 amide bonds. The Kier molecular flexibility index (Phi) is 4.58. The lowest BCUT2D eigenvalue weighted by atomic mass is 10.1. The zero-order valence-corrected chi connectivity index (χ0v) is 14.8. The fourth-order valence-electron chi connectivity index (χ4n) is 3.22. The molecule has 3 aromatic rings. The molecule has 6 nitrogen and oxygen atoms in total. The fourth-order valence-corrected chi connectivity index (χ4v) is 3.48. The van der Waals surface area contributed by atoms with Gasteiger partial charge >= 0.3 is 0 Å². The second-order valence-corrected chi connectivity index (χ2v) is 6.65. The molecule has 2 N–H and O–H groups in total. The zero-order valence-electron chi connectivity index (χ0n) is 14.0. The maximum atomic E-state index is 12.7. The van der Waals surface area contributed by atoms with Gasteiger partial charge in [-0.15, -0.1) is 0 Å². The van der Waals surface area contributed by atoms with Gasteiger partial charge in [0.2, 0.25) is 5.91 Å². The third kappa shape index (κ3) is 3.28. The molecule has 26 heavy (non-hydrogen) atoms. The summed E-state index contributed by atoms with van der Waals surface area (Å²) in [5, 5.41) is 10.6. The van der Waals surface area contributed by atoms with Crippen molar-refractivity contribution in [3.05, 3.63) is 59.9 Å². The average molecular weight is 368 g/mol. The fraction of sp³-hybridized carbons (Fsp3) is 0.211. The number of hydrogen-bond donors (Lipinski definition) is 2. The van der Waals surface area contributed by atoms with E-state index < -0.39 is 0 Å². The van der Waals surface area contributed by atoms with Crippen LogP contribution < -0.4 is 10.2 Å². The number of rotatable bonds is 4. The number of aromatic nitrogens is 3. The van der Waals surface area contributed by atoms with Gasteiger partial charge in [0.05, 0.1) is 34.2 Å². The Morgan fingerprint density at radius 3 is 2.88 bits per heavy atom. The Morgan fingerprint density at radius 2 is 2.08 bits per heavy atom. The summed E-state index contributed by atoms with van der Waals surface area (Å²) in [6.45, 7) is 1.45. The van der Waals surface area contributed by atoms with E-state index in [9.17, 15) is 4.79 Å². The van der Waals surface area contributed by atoms with Crippen LogP contribution in [0.1, 0.15) is 6.42 Å². The minimum Gasteiger partial charge on any atom is -0.370 e. The molecule has 132 valence electrons. The van der Waals surface area contributed by atoms with Gasteiger partial charge in [-0.1, -0.05) is 29.8 Å². The lowest BCUT2D eigenvalue weighted by molar-refractivity contribution is -0.119. The zero-order chi connectivity index (χ0) is 17.9. The highest BCUT2D eigenvalue weighted by Gasteiger charge is 2.30. The number of carbonyl (C=O) groups excluding carboxylic acids is 1. The van der Waals surface area contributed by atoms with E-state index in [0.29, 0.717) is 22.9 Å². The number of hydrogen-bond acceptors (Lipinski definition) is 4. The molecular formula is C19H18ClN5O. The number of para-hydroxylation sites is 1. The number of amides is 1. The first kappa shape index (κ1) is 16.6. The van der Waals surface area contributed by atoms with E-state index in [1.54, 1.807) is 12.4 Å². The number of benzene rings is 1. The first-order valence-corrected chi connectivity index (χ1v) is 8.85. The molecule has 0 bridgehead atoms. The van der Waals surface area contributed by atoms with Crippen molar-refractivity contribution >= 4 is 28.9 Å². The predicted molar refractivity (Wildman–Crippen MR) is 102 cm³/mol. The lowest BCUT2D eigenvalue weighted by Crippen LogP contribution is -2.27. The van der Waals surface area contributed by atoms with E-state index in [0.717, 1.165) is 24.3 Å². The standard InChI is InChI=1S/C19H18ClN5O/c20-14-5-1-2-7-17(14)25-10-8-13(12-25)19(26)23-16-11-22-24-18(16)15-6-3-4-9-21-15/h1-7,9,11,13H,8,10,12H2,(H,22,24)(H,23,26). The van der Waals surface area contributed by atoms with Crippen molar-refractivity contribution in [2.45, 2.75) is 6.42 Å². The first-order chi connectivity index (χ1) is 12.7. The van der Waals surface area contributed by atoms with E-state index in [2.05, 4.69) is 25.4 Å². The largest absolute Gasteiger partial charge is 0.370 e.